The molecule has 0 fully saturated rings. The Hall–Kier alpha value is -2.27. The van der Waals surface area contributed by atoms with E-state index in [2.05, 4.69) is 6.07 Å². The standard InChI is InChI=1S/C14H9NO/c15-8-9-1-3-13-10(5-9)6-11-7-12(16)2-4-14(11)13/h1-5,7,16H,6H2. The van der Waals surface area contributed by atoms with Crippen LogP contribution in [0.5, 0.6) is 5.75 Å². The molecular formula is C14H9NO. The fourth-order valence-electron chi connectivity index (χ4n) is 2.27. The number of hydrogen-bond acceptors (Lipinski definition) is 2. The monoisotopic (exact) mass is 207 g/mol. The van der Waals surface area contributed by atoms with Crippen molar-refractivity contribution in [2.45, 2.75) is 6.42 Å². The van der Waals surface area contributed by atoms with Crippen LogP contribution in [0.25, 0.3) is 11.1 Å². The molecule has 0 aromatic heterocycles. The molecule has 2 aromatic rings. The van der Waals surface area contributed by atoms with E-state index in [0.29, 0.717) is 11.3 Å². The molecule has 2 aromatic carbocycles. The smallest absolute Gasteiger partial charge is 0.115 e. The highest BCUT2D eigenvalue weighted by Gasteiger charge is 2.18. The Kier molecular flexibility index (Phi) is 1.75. The number of aromatic hydroxyl groups is 1. The van der Waals surface area contributed by atoms with Crippen molar-refractivity contribution < 1.29 is 5.11 Å². The van der Waals surface area contributed by atoms with E-state index in [1.807, 2.05) is 24.3 Å². The maximum atomic E-state index is 9.42. The van der Waals surface area contributed by atoms with Gasteiger partial charge in [0.1, 0.15) is 5.75 Å². The summed E-state index contributed by atoms with van der Waals surface area (Å²) < 4.78 is 0. The molecule has 3 rings (SSSR count). The van der Waals surface area contributed by atoms with Crippen molar-refractivity contribution >= 4 is 0 Å². The Morgan fingerprint density at radius 1 is 1.00 bits per heavy atom. The zero-order chi connectivity index (χ0) is 11.1. The maximum absolute atomic E-state index is 9.42. The van der Waals surface area contributed by atoms with Crippen LogP contribution in [-0.2, 0) is 6.42 Å². The molecule has 0 saturated heterocycles. The second-order valence-electron chi connectivity index (χ2n) is 4.00. The molecule has 1 aliphatic rings. The van der Waals surface area contributed by atoms with Gasteiger partial charge in [-0.1, -0.05) is 12.1 Å². The Morgan fingerprint density at radius 2 is 1.69 bits per heavy atom. The number of phenols is 1. The number of nitriles is 1. The number of hydrogen-bond donors (Lipinski definition) is 1. The third kappa shape index (κ3) is 1.19. The topological polar surface area (TPSA) is 44.0 Å². The van der Waals surface area contributed by atoms with Gasteiger partial charge in [0.05, 0.1) is 11.6 Å². The number of rotatable bonds is 0. The van der Waals surface area contributed by atoms with Gasteiger partial charge in [0.25, 0.3) is 0 Å². The van der Waals surface area contributed by atoms with E-state index in [1.54, 1.807) is 12.1 Å². The van der Waals surface area contributed by atoms with Crippen LogP contribution in [0.4, 0.5) is 0 Å². The zero-order valence-corrected chi connectivity index (χ0v) is 8.57. The van der Waals surface area contributed by atoms with E-state index in [9.17, 15) is 5.11 Å². The van der Waals surface area contributed by atoms with E-state index >= 15 is 0 Å². The fraction of sp³-hybridized carbons (Fsp3) is 0.0714. The number of fused-ring (bicyclic) bond motifs is 3. The van der Waals surface area contributed by atoms with Gasteiger partial charge in [-0.25, -0.2) is 0 Å². The highest BCUT2D eigenvalue weighted by molar-refractivity contribution is 5.78. The summed E-state index contributed by atoms with van der Waals surface area (Å²) in [4.78, 5) is 0. The van der Waals surface area contributed by atoms with Crippen molar-refractivity contribution in [1.29, 1.82) is 5.26 Å². The highest BCUT2D eigenvalue weighted by atomic mass is 16.3. The lowest BCUT2D eigenvalue weighted by Gasteiger charge is -2.00. The molecule has 16 heavy (non-hydrogen) atoms. The zero-order valence-electron chi connectivity index (χ0n) is 8.57. The first-order valence-corrected chi connectivity index (χ1v) is 5.13. The van der Waals surface area contributed by atoms with Crippen molar-refractivity contribution in [3.63, 3.8) is 0 Å². The van der Waals surface area contributed by atoms with E-state index in [4.69, 9.17) is 5.26 Å². The summed E-state index contributed by atoms with van der Waals surface area (Å²) in [7, 11) is 0. The summed E-state index contributed by atoms with van der Waals surface area (Å²) in [6.45, 7) is 0. The third-order valence-electron chi connectivity index (χ3n) is 2.99. The SMILES string of the molecule is N#Cc1ccc2c(c1)Cc1cc(O)ccc1-2. The van der Waals surface area contributed by atoms with Gasteiger partial charge >= 0.3 is 0 Å². The average molecular weight is 207 g/mol. The third-order valence-corrected chi connectivity index (χ3v) is 2.99. The molecule has 1 N–H and O–H groups in total. The summed E-state index contributed by atoms with van der Waals surface area (Å²) in [5.74, 6) is 0.298. The van der Waals surface area contributed by atoms with Crippen molar-refractivity contribution in [2.75, 3.05) is 0 Å². The van der Waals surface area contributed by atoms with Gasteiger partial charge in [0, 0.05) is 0 Å². The summed E-state index contributed by atoms with van der Waals surface area (Å²) in [5.41, 5.74) is 5.33. The predicted molar refractivity (Wildman–Crippen MR) is 61.1 cm³/mol. The van der Waals surface area contributed by atoms with Gasteiger partial charge < -0.3 is 5.11 Å². The largest absolute Gasteiger partial charge is 0.508 e. The average Bonchev–Trinajstić information content (AvgIpc) is 2.64. The van der Waals surface area contributed by atoms with Crippen LogP contribution in [0, 0.1) is 11.3 Å². The molecule has 0 bridgehead atoms. The lowest BCUT2D eigenvalue weighted by Crippen LogP contribution is -1.82. The van der Waals surface area contributed by atoms with E-state index in [0.717, 1.165) is 17.5 Å². The predicted octanol–water partition coefficient (Wildman–Crippen LogP) is 2.84. The summed E-state index contributed by atoms with van der Waals surface area (Å²) in [5, 5.41) is 18.3. The van der Waals surface area contributed by atoms with Crippen molar-refractivity contribution in [1.82, 2.24) is 0 Å². The van der Waals surface area contributed by atoms with Crippen LogP contribution < -0.4 is 0 Å². The van der Waals surface area contributed by atoms with Gasteiger partial charge in [0.15, 0.2) is 0 Å². The molecule has 0 heterocycles. The fourth-order valence-corrected chi connectivity index (χ4v) is 2.27. The van der Waals surface area contributed by atoms with Crippen LogP contribution in [0.3, 0.4) is 0 Å². The van der Waals surface area contributed by atoms with Crippen LogP contribution in [-0.4, -0.2) is 5.11 Å². The molecule has 2 heteroatoms. The minimum absolute atomic E-state index is 0.298. The summed E-state index contributed by atoms with van der Waals surface area (Å²) in [6, 6.07) is 13.3. The van der Waals surface area contributed by atoms with Crippen LogP contribution in [0.15, 0.2) is 36.4 Å². The molecule has 76 valence electrons. The number of phenolic OH excluding ortho intramolecular Hbond substituents is 1. The normalized spacial score (nSPS) is 11.7. The quantitative estimate of drug-likeness (QED) is 0.616. The van der Waals surface area contributed by atoms with Gasteiger partial charge in [-0.05, 0) is 52.9 Å². The number of benzene rings is 2. The minimum Gasteiger partial charge on any atom is -0.508 e. The molecule has 0 spiro atoms. The Morgan fingerprint density at radius 3 is 2.44 bits per heavy atom. The highest BCUT2D eigenvalue weighted by Crippen LogP contribution is 2.38. The van der Waals surface area contributed by atoms with E-state index < -0.39 is 0 Å². The molecular weight excluding hydrogens is 198 g/mol. The van der Waals surface area contributed by atoms with Crippen molar-refractivity contribution in [3.8, 4) is 22.9 Å². The molecule has 0 amide bonds. The van der Waals surface area contributed by atoms with Gasteiger partial charge in [-0.2, -0.15) is 5.26 Å². The molecule has 0 saturated carbocycles. The first-order valence-electron chi connectivity index (χ1n) is 5.13. The first kappa shape index (κ1) is 8.99. The van der Waals surface area contributed by atoms with Gasteiger partial charge in [0.2, 0.25) is 0 Å². The molecule has 0 aliphatic heterocycles. The van der Waals surface area contributed by atoms with E-state index in [1.165, 1.54) is 11.1 Å². The second kappa shape index (κ2) is 3.11. The lowest BCUT2D eigenvalue weighted by atomic mass is 10.0. The van der Waals surface area contributed by atoms with Crippen LogP contribution in [0.1, 0.15) is 16.7 Å². The van der Waals surface area contributed by atoms with Crippen LogP contribution in [0.2, 0.25) is 0 Å². The van der Waals surface area contributed by atoms with Crippen LogP contribution >= 0.6 is 0 Å². The second-order valence-corrected chi connectivity index (χ2v) is 4.00. The Labute approximate surface area is 93.4 Å². The van der Waals surface area contributed by atoms with Crippen molar-refractivity contribution in [2.24, 2.45) is 0 Å². The summed E-state index contributed by atoms with van der Waals surface area (Å²) >= 11 is 0. The molecule has 0 radical (unpaired) electrons. The van der Waals surface area contributed by atoms with Gasteiger partial charge in [-0.15, -0.1) is 0 Å². The minimum atomic E-state index is 0.298. The maximum Gasteiger partial charge on any atom is 0.115 e. The molecule has 0 atom stereocenters. The molecule has 0 unspecified atom stereocenters. The first-order chi connectivity index (χ1) is 7.78. The molecule has 2 nitrogen and oxygen atoms in total. The Bertz CT molecular complexity index is 623. The van der Waals surface area contributed by atoms with Gasteiger partial charge in [-0.3, -0.25) is 0 Å². The number of nitrogens with zero attached hydrogens (tertiary/aromatic N) is 1. The van der Waals surface area contributed by atoms with Crippen molar-refractivity contribution in [3.05, 3.63) is 53.1 Å². The Balaban J connectivity index is 2.21. The summed E-state index contributed by atoms with van der Waals surface area (Å²) in [6.07, 6.45) is 0.800. The molecule has 1 aliphatic carbocycles. The lowest BCUT2D eigenvalue weighted by molar-refractivity contribution is 0.475. The van der Waals surface area contributed by atoms with E-state index in [-0.39, 0.29) is 0 Å².